The number of piperidine rings is 1. The number of carboxylic acid groups (broad SMARTS) is 9. The molecule has 0 spiro atoms. The Hall–Kier alpha value is -5.38. The molecule has 49 heteroatoms. The number of aliphatic carboxylic acids is 9. The first-order valence-corrected chi connectivity index (χ1v) is 53.6. The summed E-state index contributed by atoms with van der Waals surface area (Å²) in [4.78, 5) is 119. The standard InChI is InChI=1S/C13H25FN2O2.C12H24N2O3.2C11H19F2NO4.C11H22N2O3.C11H21NO4.C11H21NO3S.C10H19NO4.C10H19NO3S/c1-13(2,3)16-7-10(14)5-6-11(16)8-15(4)9-12(17)18;1-12(2,3)14-5-6-17-10(8-14)7-13(4)9-11(15)16;1-10(2,3)14-7-11(12,13)18-5-8(14)4-17-6-9(15)16;1-10(2,3)14-4-8(5-17-6-9(15)16)18-11(12,13)7-14;1-9(2)13-4-5-16-8-10(13)6-12(3)7-11(14)15;1-11(2,3)12-4-5-16-9(6-12)7-15-8-10(13)14;1-11(2,3)12-4-5-15-9(6-12)7-16-8-10(13)14;2*1-8(2)11-3-4-14-5-9(11)6-15-7-10(12)13/h10-11H,5-9H2,1-4H3,(H,17,18);10H,5-9H2,1-4H3,(H,15,16);2*8H,4-7H2,1-3H3,(H,15,16);9-10H,4-8H2,1-3H3,(H,14,15);2*9H,4-8H2,1-3H3,(H,13,14);2*8-9H,3-7H2,1-2H3,(H,12,13). The van der Waals surface area contributed by atoms with Crippen LogP contribution in [0.15, 0.2) is 0 Å². The van der Waals surface area contributed by atoms with Crippen LogP contribution >= 0.6 is 23.5 Å². The van der Waals surface area contributed by atoms with Gasteiger partial charge in [-0.05, 0) is 200 Å². The minimum Gasteiger partial charge on any atom is -0.481 e. The molecule has 876 valence electrons. The van der Waals surface area contributed by atoms with Crippen molar-refractivity contribution in [3.8, 4) is 0 Å². The fourth-order valence-electron chi connectivity index (χ4n) is 17.5. The Labute approximate surface area is 890 Å². The number of likely N-dealkylation sites (N-methyl/N-ethyl adjacent to an activating group) is 3. The van der Waals surface area contributed by atoms with Crippen molar-refractivity contribution < 1.29 is 168 Å². The minimum atomic E-state index is -3.23. The summed E-state index contributed by atoms with van der Waals surface area (Å²) in [5.41, 5.74) is -0.524. The van der Waals surface area contributed by atoms with Crippen molar-refractivity contribution in [2.75, 3.05) is 287 Å². The summed E-state index contributed by atoms with van der Waals surface area (Å²) >= 11 is 2.90. The Balaban J connectivity index is 0.000000839. The molecule has 0 saturated carbocycles. The second-order valence-electron chi connectivity index (χ2n) is 45.2. The van der Waals surface area contributed by atoms with E-state index in [9.17, 15) is 65.1 Å². The van der Waals surface area contributed by atoms with E-state index in [1.807, 2.05) is 60.5 Å². The van der Waals surface area contributed by atoms with E-state index in [0.717, 1.165) is 123 Å². The maximum Gasteiger partial charge on any atom is 0.368 e. The van der Waals surface area contributed by atoms with Gasteiger partial charge in [-0.3, -0.25) is 82.8 Å². The Bertz CT molecular complexity index is 3680. The van der Waals surface area contributed by atoms with Crippen molar-refractivity contribution in [1.82, 2.24) is 58.8 Å². The van der Waals surface area contributed by atoms with Crippen LogP contribution in [0.4, 0.5) is 22.0 Å². The highest BCUT2D eigenvalue weighted by Crippen LogP contribution is 2.34. The van der Waals surface area contributed by atoms with Crippen LogP contribution in [0.5, 0.6) is 0 Å². The van der Waals surface area contributed by atoms with Crippen LogP contribution in [0.3, 0.4) is 0 Å². The second-order valence-corrected chi connectivity index (χ2v) is 47.3. The number of likely N-dealkylation sites (tertiary alicyclic amines) is 1. The average molecular weight is 2200 g/mol. The average Bonchev–Trinajstić information content (AvgIpc) is 0.791. The van der Waals surface area contributed by atoms with Crippen LogP contribution in [0.1, 0.15) is 179 Å². The molecule has 0 aliphatic carbocycles. The molecule has 9 saturated heterocycles. The molecule has 9 aliphatic rings. The number of rotatable bonds is 39. The molecule has 149 heavy (non-hydrogen) atoms. The largest absolute Gasteiger partial charge is 0.481 e. The first-order valence-electron chi connectivity index (χ1n) is 51.3. The van der Waals surface area contributed by atoms with Gasteiger partial charge in [-0.2, -0.15) is 17.6 Å². The number of carbonyl (C=O) groups is 9. The molecule has 0 aromatic heterocycles. The van der Waals surface area contributed by atoms with Crippen molar-refractivity contribution in [2.24, 2.45) is 0 Å². The van der Waals surface area contributed by atoms with Crippen LogP contribution in [-0.2, 0) is 100.0 Å². The Kier molecular flexibility index (Phi) is 66.9. The molecule has 9 rings (SSSR count). The smallest absolute Gasteiger partial charge is 0.368 e. The summed E-state index contributed by atoms with van der Waals surface area (Å²) in [6.45, 7) is 65.5. The van der Waals surface area contributed by atoms with E-state index in [1.165, 1.54) is 23.5 Å². The van der Waals surface area contributed by atoms with Crippen LogP contribution in [0, 0.1) is 0 Å². The SMILES string of the molecule is CC(C)(C)N1CC(COCC(=O)O)OC(F)(F)C1.CC(C)(C)N1CC(F)(F)OCC1COCC(=O)O.CC(C)(C)N1CCOC(COCC(=O)O)C1.CC(C)(C)N1CCOC(CSCC(=O)O)C1.CC(C)N1CCOCC1CN(C)CC(=O)O.CC(C)N1CCOCC1COCC(=O)O.CC(C)N1CCOCC1CSCC(=O)O.CN(CC(=O)O)CC1CCC(F)CN1C(C)(C)C.CN(CC(=O)O)CC1CN(C(C)(C)C)CCO1. The van der Waals surface area contributed by atoms with Gasteiger partial charge in [-0.1, -0.05) is 0 Å². The number of alkyl halides is 5. The predicted octanol–water partition coefficient (Wildman–Crippen LogP) is 7.58. The zero-order chi connectivity index (χ0) is 114. The van der Waals surface area contributed by atoms with Crippen LogP contribution < -0.4 is 0 Å². The number of hydrogen-bond acceptors (Lipinski definition) is 35. The van der Waals surface area contributed by atoms with Gasteiger partial charge >= 0.3 is 65.9 Å². The molecule has 10 unspecified atom stereocenters. The van der Waals surface area contributed by atoms with Crippen LogP contribution in [0.25, 0.3) is 0 Å². The monoisotopic (exact) mass is 2200 g/mol. The van der Waals surface area contributed by atoms with Gasteiger partial charge in [-0.25, -0.2) is 23.6 Å². The number of carboxylic acids is 9. The second kappa shape index (κ2) is 70.4. The fourth-order valence-corrected chi connectivity index (χ4v) is 19.1. The third kappa shape index (κ3) is 65.4. The number of morpholine rings is 8. The lowest BCUT2D eigenvalue weighted by Crippen LogP contribution is -2.60. The predicted molar refractivity (Wildman–Crippen MR) is 558 cm³/mol. The van der Waals surface area contributed by atoms with E-state index in [4.69, 9.17) is 93.3 Å². The van der Waals surface area contributed by atoms with Gasteiger partial charge in [0.15, 0.2) is 0 Å². The molecule has 0 bridgehead atoms. The molecule has 9 aliphatic heterocycles. The lowest BCUT2D eigenvalue weighted by molar-refractivity contribution is -0.309. The van der Waals surface area contributed by atoms with Gasteiger partial charge < -0.3 is 103 Å². The van der Waals surface area contributed by atoms with Gasteiger partial charge in [0.05, 0.1) is 173 Å². The molecular formula is C100H189F5N12O30S2. The molecule has 0 amide bonds. The number of hydrogen-bond donors (Lipinski definition) is 9. The van der Waals surface area contributed by atoms with Crippen LogP contribution in [0.2, 0.25) is 0 Å². The molecule has 10 atom stereocenters. The zero-order valence-electron chi connectivity index (χ0n) is 94.1. The first-order chi connectivity index (χ1) is 68.7. The van der Waals surface area contributed by atoms with E-state index >= 15 is 0 Å². The topological polar surface area (TPSA) is 485 Å². The highest BCUT2D eigenvalue weighted by atomic mass is 32.2. The number of ether oxygens (including phenoxy) is 12. The Morgan fingerprint density at radius 1 is 0.349 bits per heavy atom. The lowest BCUT2D eigenvalue weighted by Gasteiger charge is -2.46. The maximum absolute atomic E-state index is 13.5. The van der Waals surface area contributed by atoms with Gasteiger partial charge in [-0.15, -0.1) is 23.5 Å². The third-order valence-corrected chi connectivity index (χ3v) is 26.9. The number of halogens is 5. The van der Waals surface area contributed by atoms with Crippen molar-refractivity contribution >= 4 is 77.2 Å². The van der Waals surface area contributed by atoms with Crippen molar-refractivity contribution in [3.05, 3.63) is 0 Å². The van der Waals surface area contributed by atoms with Gasteiger partial charge in [0.1, 0.15) is 32.6 Å². The summed E-state index contributed by atoms with van der Waals surface area (Å²) in [5, 5.41) is 77.0. The molecule has 0 radical (unpaired) electrons. The molecule has 9 N–H and O–H groups in total. The fraction of sp³-hybridized carbons (Fsp3) is 0.910. The quantitative estimate of drug-likeness (QED) is 0.0268. The van der Waals surface area contributed by atoms with Gasteiger partial charge in [0.2, 0.25) is 0 Å². The number of thioether (sulfide) groups is 2. The summed E-state index contributed by atoms with van der Waals surface area (Å²) in [6.07, 6.45) is -6.37. The van der Waals surface area contributed by atoms with Crippen molar-refractivity contribution in [1.29, 1.82) is 0 Å². The van der Waals surface area contributed by atoms with E-state index in [-0.39, 0.29) is 123 Å². The molecule has 0 aromatic rings. The summed E-state index contributed by atoms with van der Waals surface area (Å²) in [6, 6.07) is 2.13. The van der Waals surface area contributed by atoms with Gasteiger partial charge in [0, 0.05) is 173 Å². The van der Waals surface area contributed by atoms with E-state index in [2.05, 4.69) is 168 Å². The van der Waals surface area contributed by atoms with E-state index in [0.29, 0.717) is 95.8 Å². The third-order valence-electron chi connectivity index (χ3n) is 24.8. The molecule has 9 heterocycles. The summed E-state index contributed by atoms with van der Waals surface area (Å²) < 4.78 is 129. The van der Waals surface area contributed by atoms with E-state index in [1.54, 1.807) is 26.6 Å². The maximum atomic E-state index is 13.5. The van der Waals surface area contributed by atoms with Crippen molar-refractivity contribution in [2.45, 2.75) is 303 Å². The highest BCUT2D eigenvalue weighted by molar-refractivity contribution is 8.00. The Morgan fingerprint density at radius 3 is 1.09 bits per heavy atom. The van der Waals surface area contributed by atoms with Crippen molar-refractivity contribution in [3.63, 3.8) is 0 Å². The molecular weight excluding hydrogens is 2010 g/mol. The summed E-state index contributed by atoms with van der Waals surface area (Å²) in [7, 11) is 5.45. The zero-order valence-corrected chi connectivity index (χ0v) is 95.7. The van der Waals surface area contributed by atoms with Gasteiger partial charge in [0.25, 0.3) is 0 Å². The molecule has 9 fully saturated rings. The minimum absolute atomic E-state index is 0.0210. The summed E-state index contributed by atoms with van der Waals surface area (Å²) in [5.74, 6) is -6.04. The van der Waals surface area contributed by atoms with Crippen LogP contribution in [-0.4, -0.2) is 570 Å². The highest BCUT2D eigenvalue weighted by Gasteiger charge is 2.48. The molecule has 0 aromatic carbocycles. The molecule has 42 nitrogen and oxygen atoms in total. The normalized spacial score (nSPS) is 24.0. The lowest BCUT2D eigenvalue weighted by atomic mass is 9.93. The first kappa shape index (κ1) is 142. The number of nitrogens with zero attached hydrogens (tertiary/aromatic N) is 12. The Morgan fingerprint density at radius 2 is 0.691 bits per heavy atom. The van der Waals surface area contributed by atoms with E-state index < -0.39 is 116 Å².